The van der Waals surface area contributed by atoms with Crippen molar-refractivity contribution in [2.24, 2.45) is 0 Å². The minimum absolute atomic E-state index is 0. The fraction of sp³-hybridized carbons (Fsp3) is 0.200. The van der Waals surface area contributed by atoms with Gasteiger partial charge in [0.25, 0.3) is 0 Å². The van der Waals surface area contributed by atoms with Gasteiger partial charge in [-0.1, -0.05) is 12.2 Å². The molecule has 0 aromatic heterocycles. The Balaban J connectivity index is 0.000000360. The molecule has 7 heavy (non-hydrogen) atoms. The molecule has 36 valence electrons. The number of alkyl halides is 1. The van der Waals surface area contributed by atoms with Crippen molar-refractivity contribution in [3.63, 3.8) is 0 Å². The van der Waals surface area contributed by atoms with E-state index in [4.69, 9.17) is 0 Å². The Hall–Kier alpha value is 0.787. The summed E-state index contributed by atoms with van der Waals surface area (Å²) < 4.78 is 11.8. The van der Waals surface area contributed by atoms with Crippen LogP contribution in [0.1, 0.15) is 0 Å². The van der Waals surface area contributed by atoms with Crippen LogP contribution in [0.25, 0.3) is 0 Å². The van der Waals surface area contributed by atoms with Crippen LogP contribution in [-0.4, -0.2) is 6.17 Å². The second-order valence-electron chi connectivity index (χ2n) is 1.21. The molecule has 0 saturated carbocycles. The molecule has 0 atom stereocenters. The summed E-state index contributed by atoms with van der Waals surface area (Å²) in [5, 5.41) is 0. The van der Waals surface area contributed by atoms with E-state index in [1.165, 1.54) is 12.2 Å². The zero-order valence-corrected chi connectivity index (χ0v) is 6.90. The molecule has 0 radical (unpaired) electrons. The number of hydrogen-bond donors (Lipinski definition) is 0. The fourth-order valence-corrected chi connectivity index (χ4v) is 0.405. The van der Waals surface area contributed by atoms with Gasteiger partial charge in [0.1, 0.15) is 6.17 Å². The Morgan fingerprint density at radius 2 is 1.57 bits per heavy atom. The molecule has 0 aromatic carbocycles. The Morgan fingerprint density at radius 3 is 1.71 bits per heavy atom. The van der Waals surface area contributed by atoms with Gasteiger partial charge in [-0.05, 0) is 12.2 Å². The van der Waals surface area contributed by atoms with Gasteiger partial charge < -0.3 is 0 Å². The van der Waals surface area contributed by atoms with Crippen LogP contribution in [0.15, 0.2) is 24.3 Å². The summed E-state index contributed by atoms with van der Waals surface area (Å²) in [5.74, 6) is 0. The quantitative estimate of drug-likeness (QED) is 0.584. The van der Waals surface area contributed by atoms with Crippen LogP contribution in [0, 0.1) is 41.7 Å². The van der Waals surface area contributed by atoms with E-state index in [0.717, 1.165) is 0 Å². The maximum atomic E-state index is 11.8. The third-order valence-corrected chi connectivity index (χ3v) is 0.701. The van der Waals surface area contributed by atoms with Crippen LogP contribution in [0.5, 0.6) is 0 Å². The molecule has 0 nitrogen and oxygen atoms in total. The van der Waals surface area contributed by atoms with Gasteiger partial charge in [0.15, 0.2) is 0 Å². The largest absolute Gasteiger partial charge is 0.238 e. The average Bonchev–Trinajstić information content (AvgIpc) is 1.86. The van der Waals surface area contributed by atoms with Gasteiger partial charge in [0, 0.05) is 41.7 Å². The van der Waals surface area contributed by atoms with Crippen molar-refractivity contribution in [1.82, 2.24) is 0 Å². The van der Waals surface area contributed by atoms with Gasteiger partial charge in [0.2, 0.25) is 0 Å². The monoisotopic (exact) mass is 224 g/mol. The predicted octanol–water partition coefficient (Wildman–Crippen LogP) is 1.45. The topological polar surface area (TPSA) is 0 Å². The Bertz CT molecular complexity index is 84.3. The molecule has 0 unspecified atom stereocenters. The van der Waals surface area contributed by atoms with Crippen molar-refractivity contribution < 1.29 is 46.1 Å². The standard InChI is InChI=1S/C5H5F.Ce/c6-5-3-1-2-4-5;/h1-5H;. The van der Waals surface area contributed by atoms with E-state index in [9.17, 15) is 4.39 Å². The van der Waals surface area contributed by atoms with Crippen LogP contribution in [0.4, 0.5) is 4.39 Å². The van der Waals surface area contributed by atoms with Crippen molar-refractivity contribution in [2.75, 3.05) is 0 Å². The molecule has 0 heterocycles. The molecule has 0 fully saturated rings. The first-order chi connectivity index (χ1) is 2.89. The first-order valence-corrected chi connectivity index (χ1v) is 1.88. The molecule has 0 N–H and O–H groups in total. The van der Waals surface area contributed by atoms with E-state index in [2.05, 4.69) is 0 Å². The van der Waals surface area contributed by atoms with Gasteiger partial charge in [0.05, 0.1) is 0 Å². The molecule has 1 aliphatic rings. The first-order valence-electron chi connectivity index (χ1n) is 1.88. The van der Waals surface area contributed by atoms with Crippen LogP contribution >= 0.6 is 0 Å². The van der Waals surface area contributed by atoms with Crippen molar-refractivity contribution >= 4 is 0 Å². The van der Waals surface area contributed by atoms with Crippen molar-refractivity contribution in [3.05, 3.63) is 24.3 Å². The summed E-state index contributed by atoms with van der Waals surface area (Å²) >= 11 is 0. The second kappa shape index (κ2) is 3.75. The van der Waals surface area contributed by atoms with E-state index >= 15 is 0 Å². The Morgan fingerprint density at radius 1 is 1.14 bits per heavy atom. The predicted molar refractivity (Wildman–Crippen MR) is 23.2 cm³/mol. The molecule has 0 aromatic rings. The van der Waals surface area contributed by atoms with Gasteiger partial charge in [-0.2, -0.15) is 0 Å². The van der Waals surface area contributed by atoms with E-state index < -0.39 is 6.17 Å². The van der Waals surface area contributed by atoms with Crippen LogP contribution in [0.3, 0.4) is 0 Å². The van der Waals surface area contributed by atoms with Crippen LogP contribution < -0.4 is 0 Å². The fourth-order valence-electron chi connectivity index (χ4n) is 0.405. The number of halogens is 1. The SMILES string of the molecule is FC1C=CC=C1.[Ce]. The second-order valence-corrected chi connectivity index (χ2v) is 1.21. The first kappa shape index (κ1) is 7.79. The Kier molecular flexibility index (Phi) is 4.17. The molecule has 2 heteroatoms. The third kappa shape index (κ3) is 2.56. The summed E-state index contributed by atoms with van der Waals surface area (Å²) in [6, 6.07) is 0. The van der Waals surface area contributed by atoms with Gasteiger partial charge >= 0.3 is 0 Å². The van der Waals surface area contributed by atoms with E-state index in [0.29, 0.717) is 0 Å². The summed E-state index contributed by atoms with van der Waals surface area (Å²) in [7, 11) is 0. The smallest absolute Gasteiger partial charge is 0.137 e. The minimum atomic E-state index is -0.815. The summed E-state index contributed by atoms with van der Waals surface area (Å²) in [6.45, 7) is 0. The van der Waals surface area contributed by atoms with Crippen molar-refractivity contribution in [3.8, 4) is 0 Å². The van der Waals surface area contributed by atoms with Crippen LogP contribution in [-0.2, 0) is 0 Å². The zero-order valence-electron chi connectivity index (χ0n) is 3.76. The van der Waals surface area contributed by atoms with Crippen molar-refractivity contribution in [1.29, 1.82) is 0 Å². The molecule has 0 aliphatic heterocycles. The molecule has 0 saturated heterocycles. The van der Waals surface area contributed by atoms with E-state index in [1.54, 1.807) is 12.2 Å². The zero-order chi connectivity index (χ0) is 4.41. The summed E-state index contributed by atoms with van der Waals surface area (Å²) in [5.41, 5.74) is 0. The molecule has 0 bridgehead atoms. The van der Waals surface area contributed by atoms with Crippen LogP contribution in [0.2, 0.25) is 0 Å². The van der Waals surface area contributed by atoms with Crippen molar-refractivity contribution in [2.45, 2.75) is 6.17 Å². The van der Waals surface area contributed by atoms with Gasteiger partial charge in [-0.15, -0.1) is 0 Å². The molecule has 1 aliphatic carbocycles. The number of allylic oxidation sites excluding steroid dienone is 4. The molecule has 1 rings (SSSR count). The van der Waals surface area contributed by atoms with Gasteiger partial charge in [-0.25, -0.2) is 4.39 Å². The average molecular weight is 224 g/mol. The Labute approximate surface area is 75.9 Å². The summed E-state index contributed by atoms with van der Waals surface area (Å²) in [4.78, 5) is 0. The van der Waals surface area contributed by atoms with E-state index in [1.807, 2.05) is 0 Å². The minimum Gasteiger partial charge on any atom is -0.238 e. The molecule has 0 amide bonds. The maximum absolute atomic E-state index is 11.8. The third-order valence-electron chi connectivity index (χ3n) is 0.701. The number of rotatable bonds is 0. The number of hydrogen-bond acceptors (Lipinski definition) is 0. The maximum Gasteiger partial charge on any atom is 0.137 e. The molecule has 0 spiro atoms. The van der Waals surface area contributed by atoms with E-state index in [-0.39, 0.29) is 41.7 Å². The van der Waals surface area contributed by atoms with Gasteiger partial charge in [-0.3, -0.25) is 0 Å². The molecular formula is C5H5CeF. The summed E-state index contributed by atoms with van der Waals surface area (Å²) in [6.07, 6.45) is 5.58. The normalized spacial score (nSPS) is 17.3. The molecular weight excluding hydrogens is 219 g/mol.